The molecule has 1 saturated carbocycles. The van der Waals surface area contributed by atoms with Crippen LogP contribution in [0.25, 0.3) is 5.95 Å². The molecule has 4 rings (SSSR count). The first kappa shape index (κ1) is 15.4. The summed E-state index contributed by atoms with van der Waals surface area (Å²) >= 11 is 0. The van der Waals surface area contributed by atoms with Gasteiger partial charge in [-0.05, 0) is 31.7 Å². The van der Waals surface area contributed by atoms with Crippen LogP contribution in [-0.4, -0.2) is 35.8 Å². The van der Waals surface area contributed by atoms with Crippen molar-refractivity contribution < 1.29 is 9.13 Å². The molecule has 0 spiro atoms. The molecule has 1 aliphatic carbocycles. The van der Waals surface area contributed by atoms with Crippen LogP contribution in [0.4, 0.5) is 16.0 Å². The van der Waals surface area contributed by atoms with Gasteiger partial charge in [-0.2, -0.15) is 19.5 Å². The summed E-state index contributed by atoms with van der Waals surface area (Å²) in [6, 6.07) is 1.74. The molecule has 8 nitrogen and oxygen atoms in total. The maximum atomic E-state index is 14.8. The molecule has 3 aromatic rings. The van der Waals surface area contributed by atoms with Gasteiger partial charge in [0.05, 0.1) is 6.20 Å². The molecule has 0 amide bonds. The molecule has 1 N–H and O–H groups in total. The van der Waals surface area contributed by atoms with E-state index in [0.717, 1.165) is 25.7 Å². The highest BCUT2D eigenvalue weighted by Gasteiger charge is 2.23. The van der Waals surface area contributed by atoms with Gasteiger partial charge in [-0.3, -0.25) is 4.98 Å². The Morgan fingerprint density at radius 1 is 1.16 bits per heavy atom. The SMILES string of the molecule is Fc1c(Nc2cnccn2)nc(-n2cccn2)nc1OC1CCCC1. The minimum atomic E-state index is -0.659. The van der Waals surface area contributed by atoms with Gasteiger partial charge in [0.15, 0.2) is 5.82 Å². The number of anilines is 2. The van der Waals surface area contributed by atoms with Crippen LogP contribution in [0.3, 0.4) is 0 Å². The number of halogens is 1. The van der Waals surface area contributed by atoms with Gasteiger partial charge < -0.3 is 10.1 Å². The molecule has 0 unspecified atom stereocenters. The highest BCUT2D eigenvalue weighted by molar-refractivity contribution is 5.53. The van der Waals surface area contributed by atoms with E-state index in [2.05, 4.69) is 30.4 Å². The Morgan fingerprint density at radius 3 is 2.76 bits per heavy atom. The van der Waals surface area contributed by atoms with Crippen molar-refractivity contribution >= 4 is 11.6 Å². The first-order chi connectivity index (χ1) is 12.3. The largest absolute Gasteiger partial charge is 0.472 e. The van der Waals surface area contributed by atoms with E-state index < -0.39 is 5.82 Å². The smallest absolute Gasteiger partial charge is 0.258 e. The number of hydrogen-bond acceptors (Lipinski definition) is 7. The lowest BCUT2D eigenvalue weighted by Crippen LogP contribution is -2.16. The molecule has 0 saturated heterocycles. The van der Waals surface area contributed by atoms with Gasteiger partial charge in [-0.15, -0.1) is 0 Å². The average molecular weight is 341 g/mol. The second-order valence-electron chi connectivity index (χ2n) is 5.68. The number of rotatable bonds is 5. The summed E-state index contributed by atoms with van der Waals surface area (Å²) < 4.78 is 22.1. The van der Waals surface area contributed by atoms with Gasteiger partial charge in [0.25, 0.3) is 11.8 Å². The summed E-state index contributed by atoms with van der Waals surface area (Å²) in [6.45, 7) is 0. The van der Waals surface area contributed by atoms with E-state index >= 15 is 0 Å². The number of hydrogen-bond donors (Lipinski definition) is 1. The van der Waals surface area contributed by atoms with Crippen molar-refractivity contribution in [3.05, 3.63) is 42.9 Å². The number of aromatic nitrogens is 6. The average Bonchev–Trinajstić information content (AvgIpc) is 3.33. The summed E-state index contributed by atoms with van der Waals surface area (Å²) in [7, 11) is 0. The molecule has 1 aliphatic rings. The Bertz CT molecular complexity index is 835. The minimum absolute atomic E-state index is 0.0285. The van der Waals surface area contributed by atoms with E-state index in [1.807, 2.05) is 0 Å². The van der Waals surface area contributed by atoms with Crippen LogP contribution >= 0.6 is 0 Å². The van der Waals surface area contributed by atoms with E-state index in [9.17, 15) is 4.39 Å². The van der Waals surface area contributed by atoms with Gasteiger partial charge in [0.1, 0.15) is 11.9 Å². The monoisotopic (exact) mass is 341 g/mol. The zero-order valence-electron chi connectivity index (χ0n) is 13.3. The lowest BCUT2D eigenvalue weighted by molar-refractivity contribution is 0.191. The Labute approximate surface area is 143 Å². The maximum Gasteiger partial charge on any atom is 0.258 e. The van der Waals surface area contributed by atoms with Crippen molar-refractivity contribution in [2.75, 3.05) is 5.32 Å². The van der Waals surface area contributed by atoms with Crippen LogP contribution in [-0.2, 0) is 0 Å². The molecular formula is C16H16FN7O. The van der Waals surface area contributed by atoms with Gasteiger partial charge in [-0.25, -0.2) is 9.67 Å². The predicted molar refractivity (Wildman–Crippen MR) is 87.3 cm³/mol. The van der Waals surface area contributed by atoms with E-state index in [1.54, 1.807) is 18.5 Å². The molecule has 0 aliphatic heterocycles. The van der Waals surface area contributed by atoms with Crippen LogP contribution in [0.5, 0.6) is 5.88 Å². The first-order valence-corrected chi connectivity index (χ1v) is 8.07. The normalized spacial score (nSPS) is 14.6. The number of nitrogens with one attached hydrogen (secondary N) is 1. The molecule has 0 bridgehead atoms. The number of nitrogens with zero attached hydrogens (tertiary/aromatic N) is 6. The molecule has 3 aromatic heterocycles. The van der Waals surface area contributed by atoms with Gasteiger partial charge in [0.2, 0.25) is 5.82 Å². The molecule has 0 aromatic carbocycles. The minimum Gasteiger partial charge on any atom is -0.472 e. The van der Waals surface area contributed by atoms with Crippen LogP contribution in [0.2, 0.25) is 0 Å². The summed E-state index contributed by atoms with van der Waals surface area (Å²) in [4.78, 5) is 16.4. The summed E-state index contributed by atoms with van der Waals surface area (Å²) in [5.41, 5.74) is 0. The highest BCUT2D eigenvalue weighted by Crippen LogP contribution is 2.29. The first-order valence-electron chi connectivity index (χ1n) is 8.07. The lowest BCUT2D eigenvalue weighted by Gasteiger charge is -2.15. The second-order valence-corrected chi connectivity index (χ2v) is 5.68. The summed E-state index contributed by atoms with van der Waals surface area (Å²) in [5.74, 6) is -0.189. The fraction of sp³-hybridized carbons (Fsp3) is 0.312. The van der Waals surface area contributed by atoms with Crippen molar-refractivity contribution in [3.63, 3.8) is 0 Å². The second kappa shape index (κ2) is 6.80. The van der Waals surface area contributed by atoms with Crippen molar-refractivity contribution in [2.24, 2.45) is 0 Å². The summed E-state index contributed by atoms with van der Waals surface area (Å²) in [6.07, 6.45) is 11.7. The Morgan fingerprint density at radius 2 is 2.04 bits per heavy atom. The van der Waals surface area contributed by atoms with Crippen LogP contribution in [0, 0.1) is 5.82 Å². The van der Waals surface area contributed by atoms with E-state index in [-0.39, 0.29) is 23.8 Å². The molecule has 1 fully saturated rings. The molecular weight excluding hydrogens is 325 g/mol. The number of ether oxygens (including phenoxy) is 1. The van der Waals surface area contributed by atoms with E-state index in [0.29, 0.717) is 5.82 Å². The fourth-order valence-electron chi connectivity index (χ4n) is 2.71. The standard InChI is InChI=1S/C16H16FN7O/c17-13-14(21-12-10-18-7-8-19-12)22-16(24-9-3-6-20-24)23-15(13)25-11-4-1-2-5-11/h3,6-11H,1-2,4-5H2,(H,19,21,22,23). The Balaban J connectivity index is 1.71. The Hall–Kier alpha value is -3.10. The van der Waals surface area contributed by atoms with Gasteiger partial charge in [0, 0.05) is 24.8 Å². The van der Waals surface area contributed by atoms with Crippen molar-refractivity contribution in [2.45, 2.75) is 31.8 Å². The van der Waals surface area contributed by atoms with Gasteiger partial charge in [-0.1, -0.05) is 0 Å². The molecule has 0 atom stereocenters. The molecule has 0 radical (unpaired) electrons. The van der Waals surface area contributed by atoms with Crippen molar-refractivity contribution in [1.29, 1.82) is 0 Å². The van der Waals surface area contributed by atoms with Gasteiger partial charge >= 0.3 is 0 Å². The molecule has 25 heavy (non-hydrogen) atoms. The zero-order chi connectivity index (χ0) is 17.1. The van der Waals surface area contributed by atoms with E-state index in [1.165, 1.54) is 23.3 Å². The molecule has 128 valence electrons. The van der Waals surface area contributed by atoms with Crippen molar-refractivity contribution in [3.8, 4) is 11.8 Å². The lowest BCUT2D eigenvalue weighted by atomic mass is 10.3. The molecule has 9 heteroatoms. The van der Waals surface area contributed by atoms with E-state index in [4.69, 9.17) is 4.74 Å². The summed E-state index contributed by atoms with van der Waals surface area (Å²) in [5, 5.41) is 6.91. The topological polar surface area (TPSA) is 90.6 Å². The third-order valence-electron chi connectivity index (χ3n) is 3.91. The third kappa shape index (κ3) is 3.39. The van der Waals surface area contributed by atoms with Crippen LogP contribution < -0.4 is 10.1 Å². The highest BCUT2D eigenvalue weighted by atomic mass is 19.1. The quantitative estimate of drug-likeness (QED) is 0.763. The zero-order valence-corrected chi connectivity index (χ0v) is 13.3. The Kier molecular flexibility index (Phi) is 4.19. The fourth-order valence-corrected chi connectivity index (χ4v) is 2.71. The predicted octanol–water partition coefficient (Wildman–Crippen LogP) is 2.66. The van der Waals surface area contributed by atoms with Crippen molar-refractivity contribution in [1.82, 2.24) is 29.7 Å². The van der Waals surface area contributed by atoms with Crippen LogP contribution in [0.1, 0.15) is 25.7 Å². The third-order valence-corrected chi connectivity index (χ3v) is 3.91. The molecule has 3 heterocycles. The van der Waals surface area contributed by atoms with Crippen LogP contribution in [0.15, 0.2) is 37.1 Å². The maximum absolute atomic E-state index is 14.8.